The topological polar surface area (TPSA) is 78.9 Å². The SMILES string of the molecule is O=C(NC1CCOc2ccccc21)c1cccc(S(=O)(=O)N2CCN(Cc3ccccc3)CC2)c1. The number of piperazine rings is 1. The molecule has 1 amide bonds. The van der Waals surface area contributed by atoms with E-state index in [1.807, 2.05) is 42.5 Å². The van der Waals surface area contributed by atoms with Crippen molar-refractivity contribution in [2.75, 3.05) is 32.8 Å². The molecule has 35 heavy (non-hydrogen) atoms. The number of para-hydroxylation sites is 1. The maximum atomic E-state index is 13.3. The molecule has 1 N–H and O–H groups in total. The Labute approximate surface area is 206 Å². The highest BCUT2D eigenvalue weighted by atomic mass is 32.2. The Morgan fingerprint density at radius 2 is 1.66 bits per heavy atom. The molecule has 0 saturated carbocycles. The second-order valence-electron chi connectivity index (χ2n) is 8.89. The molecule has 0 bridgehead atoms. The summed E-state index contributed by atoms with van der Waals surface area (Å²) in [5, 5.41) is 3.04. The molecule has 182 valence electrons. The number of amides is 1. The number of hydrogen-bond acceptors (Lipinski definition) is 5. The maximum absolute atomic E-state index is 13.3. The Morgan fingerprint density at radius 1 is 0.914 bits per heavy atom. The van der Waals surface area contributed by atoms with Crippen LogP contribution in [-0.2, 0) is 16.6 Å². The third-order valence-electron chi connectivity index (χ3n) is 6.58. The zero-order chi connectivity index (χ0) is 24.3. The molecule has 0 spiro atoms. The third-order valence-corrected chi connectivity index (χ3v) is 8.47. The van der Waals surface area contributed by atoms with Gasteiger partial charge in [-0.2, -0.15) is 4.31 Å². The molecule has 1 fully saturated rings. The highest BCUT2D eigenvalue weighted by Gasteiger charge is 2.29. The summed E-state index contributed by atoms with van der Waals surface area (Å²) in [6, 6.07) is 24.0. The molecule has 0 radical (unpaired) electrons. The van der Waals surface area contributed by atoms with Crippen molar-refractivity contribution in [2.45, 2.75) is 23.9 Å². The lowest BCUT2D eigenvalue weighted by Crippen LogP contribution is -2.48. The molecule has 5 rings (SSSR count). The molecule has 3 aromatic carbocycles. The van der Waals surface area contributed by atoms with E-state index >= 15 is 0 Å². The standard InChI is InChI=1S/C27H29N3O4S/c31-27(28-25-13-18-34-26-12-5-4-11-24(25)26)22-9-6-10-23(19-22)35(32,33)30-16-14-29(15-17-30)20-21-7-2-1-3-8-21/h1-12,19,25H,13-18,20H2,(H,28,31). The van der Waals surface area contributed by atoms with Gasteiger partial charge in [0.25, 0.3) is 5.91 Å². The number of benzene rings is 3. The number of carbonyl (C=O) groups excluding carboxylic acids is 1. The first-order chi connectivity index (χ1) is 17.0. The molecule has 1 saturated heterocycles. The molecular formula is C27H29N3O4S. The summed E-state index contributed by atoms with van der Waals surface area (Å²) in [5.74, 6) is 0.475. The summed E-state index contributed by atoms with van der Waals surface area (Å²) in [7, 11) is -3.69. The average Bonchev–Trinajstić information content (AvgIpc) is 2.90. The minimum atomic E-state index is -3.69. The minimum Gasteiger partial charge on any atom is -0.493 e. The number of hydrogen-bond donors (Lipinski definition) is 1. The predicted octanol–water partition coefficient (Wildman–Crippen LogP) is 3.45. The Bertz CT molecular complexity index is 1290. The lowest BCUT2D eigenvalue weighted by atomic mass is 10.00. The van der Waals surface area contributed by atoms with Crippen molar-refractivity contribution < 1.29 is 17.9 Å². The van der Waals surface area contributed by atoms with Crippen molar-refractivity contribution in [3.05, 3.63) is 95.6 Å². The average molecular weight is 492 g/mol. The summed E-state index contributed by atoms with van der Waals surface area (Å²) in [6.45, 7) is 3.50. The second kappa shape index (κ2) is 10.2. The van der Waals surface area contributed by atoms with Gasteiger partial charge in [-0.05, 0) is 29.8 Å². The van der Waals surface area contributed by atoms with Crippen LogP contribution in [-0.4, -0.2) is 56.3 Å². The van der Waals surface area contributed by atoms with E-state index in [2.05, 4.69) is 22.3 Å². The lowest BCUT2D eigenvalue weighted by molar-refractivity contribution is 0.0924. The van der Waals surface area contributed by atoms with Gasteiger partial charge in [-0.3, -0.25) is 9.69 Å². The smallest absolute Gasteiger partial charge is 0.251 e. The maximum Gasteiger partial charge on any atom is 0.251 e. The van der Waals surface area contributed by atoms with Crippen LogP contribution in [0.25, 0.3) is 0 Å². The fourth-order valence-electron chi connectivity index (χ4n) is 4.65. The van der Waals surface area contributed by atoms with E-state index in [1.54, 1.807) is 18.2 Å². The first-order valence-corrected chi connectivity index (χ1v) is 13.3. The van der Waals surface area contributed by atoms with E-state index in [1.165, 1.54) is 15.9 Å². The summed E-state index contributed by atoms with van der Waals surface area (Å²) < 4.78 is 33.9. The van der Waals surface area contributed by atoms with Gasteiger partial charge in [0.2, 0.25) is 10.0 Å². The van der Waals surface area contributed by atoms with E-state index in [4.69, 9.17) is 4.74 Å². The number of carbonyl (C=O) groups is 1. The summed E-state index contributed by atoms with van der Waals surface area (Å²) >= 11 is 0. The van der Waals surface area contributed by atoms with Crippen molar-refractivity contribution in [2.24, 2.45) is 0 Å². The fraction of sp³-hybridized carbons (Fsp3) is 0.296. The van der Waals surface area contributed by atoms with Crippen molar-refractivity contribution in [1.82, 2.24) is 14.5 Å². The Balaban J connectivity index is 1.25. The Kier molecular flexibility index (Phi) is 6.86. The van der Waals surface area contributed by atoms with Gasteiger partial charge in [0.15, 0.2) is 0 Å². The minimum absolute atomic E-state index is 0.147. The van der Waals surface area contributed by atoms with Crippen molar-refractivity contribution in [3.8, 4) is 5.75 Å². The number of rotatable bonds is 6. The zero-order valence-electron chi connectivity index (χ0n) is 19.5. The zero-order valence-corrected chi connectivity index (χ0v) is 20.3. The van der Waals surface area contributed by atoms with Gasteiger partial charge in [-0.1, -0.05) is 54.6 Å². The van der Waals surface area contributed by atoms with Crippen LogP contribution < -0.4 is 10.1 Å². The molecule has 1 atom stereocenters. The van der Waals surface area contributed by atoms with Crippen LogP contribution in [0.15, 0.2) is 83.8 Å². The van der Waals surface area contributed by atoms with E-state index < -0.39 is 10.0 Å². The fourth-order valence-corrected chi connectivity index (χ4v) is 6.12. The quantitative estimate of drug-likeness (QED) is 0.572. The Hall–Kier alpha value is -3.20. The number of fused-ring (bicyclic) bond motifs is 1. The molecule has 0 aromatic heterocycles. The van der Waals surface area contributed by atoms with Gasteiger partial charge < -0.3 is 10.1 Å². The number of nitrogens with zero attached hydrogens (tertiary/aromatic N) is 2. The first-order valence-electron chi connectivity index (χ1n) is 11.9. The second-order valence-corrected chi connectivity index (χ2v) is 10.8. The molecule has 1 unspecified atom stereocenters. The van der Waals surface area contributed by atoms with Gasteiger partial charge in [0.1, 0.15) is 5.75 Å². The van der Waals surface area contributed by atoms with Crippen molar-refractivity contribution in [1.29, 1.82) is 0 Å². The molecule has 0 aliphatic carbocycles. The number of nitrogens with one attached hydrogen (secondary N) is 1. The summed E-state index contributed by atoms with van der Waals surface area (Å²) in [5.41, 5.74) is 2.48. The molecule has 7 nitrogen and oxygen atoms in total. The largest absolute Gasteiger partial charge is 0.493 e. The van der Waals surface area contributed by atoms with Crippen LogP contribution in [0.1, 0.15) is 33.9 Å². The van der Waals surface area contributed by atoms with Gasteiger partial charge in [0.05, 0.1) is 17.5 Å². The third kappa shape index (κ3) is 5.24. The number of sulfonamides is 1. The summed E-state index contributed by atoms with van der Waals surface area (Å²) in [4.78, 5) is 15.4. The predicted molar refractivity (Wildman–Crippen MR) is 134 cm³/mol. The van der Waals surface area contributed by atoms with Gasteiger partial charge >= 0.3 is 0 Å². The lowest BCUT2D eigenvalue weighted by Gasteiger charge is -2.34. The van der Waals surface area contributed by atoms with E-state index in [0.29, 0.717) is 44.8 Å². The van der Waals surface area contributed by atoms with Crippen LogP contribution in [0, 0.1) is 0 Å². The molecule has 2 heterocycles. The Morgan fingerprint density at radius 3 is 2.46 bits per heavy atom. The monoisotopic (exact) mass is 491 g/mol. The molecule has 3 aromatic rings. The normalized spacial score (nSPS) is 18.9. The van der Waals surface area contributed by atoms with Crippen molar-refractivity contribution >= 4 is 15.9 Å². The van der Waals surface area contributed by atoms with Crippen molar-refractivity contribution in [3.63, 3.8) is 0 Å². The van der Waals surface area contributed by atoms with Gasteiger partial charge in [0, 0.05) is 50.3 Å². The summed E-state index contributed by atoms with van der Waals surface area (Å²) in [6.07, 6.45) is 0.661. The van der Waals surface area contributed by atoms with E-state index in [9.17, 15) is 13.2 Å². The van der Waals surface area contributed by atoms with Gasteiger partial charge in [-0.25, -0.2) is 8.42 Å². The van der Waals surface area contributed by atoms with Gasteiger partial charge in [-0.15, -0.1) is 0 Å². The van der Waals surface area contributed by atoms with E-state index in [0.717, 1.165) is 17.9 Å². The molecule has 2 aliphatic heterocycles. The highest BCUT2D eigenvalue weighted by Crippen LogP contribution is 2.31. The number of ether oxygens (including phenoxy) is 1. The molecular weight excluding hydrogens is 462 g/mol. The van der Waals surface area contributed by atoms with Crippen LogP contribution >= 0.6 is 0 Å². The van der Waals surface area contributed by atoms with E-state index in [-0.39, 0.29) is 16.8 Å². The molecule has 2 aliphatic rings. The highest BCUT2D eigenvalue weighted by molar-refractivity contribution is 7.89. The van der Waals surface area contributed by atoms with Crippen LogP contribution in [0.5, 0.6) is 5.75 Å². The van der Waals surface area contributed by atoms with Crippen LogP contribution in [0.4, 0.5) is 0 Å². The van der Waals surface area contributed by atoms with Crippen LogP contribution in [0.2, 0.25) is 0 Å². The molecule has 8 heteroatoms. The van der Waals surface area contributed by atoms with Crippen LogP contribution in [0.3, 0.4) is 0 Å². The first kappa shape index (κ1) is 23.5.